The van der Waals surface area contributed by atoms with E-state index in [1.54, 1.807) is 6.07 Å². The standard InChI is InChI=1S/C60H74O34/c1-26(64)81-23-37-50(89-56-47(76)44(73)41(70)34(20-61)84-56)46(75)49(78)58(86-37)90-52-51(88-40(69)18-12-28-9-14-31(66)15-10-28)38(24-82-27(2)65)87-59(53(52)91-57-48(77)45(74)42(71)35(21-62)85-57)94-60(25-83-39(68)17-13-29-11-16-32(67)33(19-29)80-3)54(43(72)36(22-63)93-60)92-55(79)30-7-5-4-6-8-30/h4-19,34-38,41-54,56-59,61-63,66-67,70-78H,20-25H2,1-3H3/b17-13-,18-12-/t34-,35-,36-,37-,38+,41+,42+,43+,44-,45-,46+,47+,48+,49+,50+,51+,52-,53+,54-,56-,57-,58-,59+,60+/m0/s1. The Hall–Kier alpha value is -6.95. The lowest BCUT2D eigenvalue weighted by Crippen LogP contribution is -2.69. The van der Waals surface area contributed by atoms with E-state index < -0.39 is 216 Å². The van der Waals surface area contributed by atoms with Crippen LogP contribution in [0.2, 0.25) is 0 Å². The van der Waals surface area contributed by atoms with Crippen LogP contribution in [0.15, 0.2) is 84.9 Å². The lowest BCUT2D eigenvalue weighted by atomic mass is 9.95. The van der Waals surface area contributed by atoms with Gasteiger partial charge in [-0.2, -0.15) is 0 Å². The van der Waals surface area contributed by atoms with E-state index in [-0.39, 0.29) is 28.4 Å². The molecule has 0 unspecified atom stereocenters. The minimum Gasteiger partial charge on any atom is -0.508 e. The number of carbonyl (C=O) groups is 5. The third-order valence-corrected chi connectivity index (χ3v) is 15.5. The van der Waals surface area contributed by atoms with Crippen LogP contribution in [0.5, 0.6) is 17.2 Å². The van der Waals surface area contributed by atoms with E-state index in [4.69, 9.17) is 71.1 Å². The third-order valence-electron chi connectivity index (χ3n) is 15.5. The first-order valence-electron chi connectivity index (χ1n) is 29.1. The highest BCUT2D eigenvalue weighted by Gasteiger charge is 2.64. The topological polar surface area (TPSA) is 507 Å². The van der Waals surface area contributed by atoms with Gasteiger partial charge in [-0.3, -0.25) is 9.59 Å². The molecule has 0 radical (unpaired) electrons. The summed E-state index contributed by atoms with van der Waals surface area (Å²) in [4.78, 5) is 67.5. The second-order valence-electron chi connectivity index (χ2n) is 22.0. The normalized spacial score (nSPS) is 36.0. The molecule has 3 aromatic carbocycles. The third kappa shape index (κ3) is 17.4. The van der Waals surface area contributed by atoms with Crippen LogP contribution in [-0.4, -0.2) is 295 Å². The number of benzene rings is 3. The molecule has 518 valence electrons. The fourth-order valence-electron chi connectivity index (χ4n) is 10.5. The molecule has 5 fully saturated rings. The van der Waals surface area contributed by atoms with Crippen molar-refractivity contribution in [2.45, 2.75) is 161 Å². The number of methoxy groups -OCH3 is 1. The summed E-state index contributed by atoms with van der Waals surface area (Å²) in [5, 5.41) is 153. The number of phenolic OH excluding ortho intramolecular Hbond substituents is 2. The Morgan fingerprint density at radius 3 is 1.56 bits per heavy atom. The van der Waals surface area contributed by atoms with Gasteiger partial charge in [0, 0.05) is 26.0 Å². The highest BCUT2D eigenvalue weighted by atomic mass is 16.8. The lowest BCUT2D eigenvalue weighted by Gasteiger charge is -2.51. The van der Waals surface area contributed by atoms with Crippen LogP contribution in [0.3, 0.4) is 0 Å². The number of aromatic hydroxyl groups is 2. The number of aliphatic hydroxyl groups excluding tert-OH is 12. The van der Waals surface area contributed by atoms with Gasteiger partial charge in [0.05, 0.1) is 32.5 Å². The summed E-state index contributed by atoms with van der Waals surface area (Å²) in [5.41, 5.74) is 0.417. The van der Waals surface area contributed by atoms with Gasteiger partial charge < -0.3 is 143 Å². The zero-order valence-electron chi connectivity index (χ0n) is 50.2. The minimum absolute atomic E-state index is 0.00624. The van der Waals surface area contributed by atoms with Crippen molar-refractivity contribution in [1.82, 2.24) is 0 Å². The molecule has 24 atom stereocenters. The molecule has 3 aromatic rings. The highest BCUT2D eigenvalue weighted by Crippen LogP contribution is 2.43. The molecule has 0 aliphatic carbocycles. The zero-order chi connectivity index (χ0) is 68.3. The predicted octanol–water partition coefficient (Wildman–Crippen LogP) is -4.97. The molecular formula is C60H74O34. The van der Waals surface area contributed by atoms with Crippen LogP contribution >= 0.6 is 0 Å². The molecule has 5 heterocycles. The number of rotatable bonds is 25. The summed E-state index contributed by atoms with van der Waals surface area (Å²) in [5.74, 6) is -9.14. The van der Waals surface area contributed by atoms with Crippen LogP contribution < -0.4 is 4.74 Å². The van der Waals surface area contributed by atoms with E-state index in [1.807, 2.05) is 0 Å². The fraction of sp³-hybridized carbons (Fsp3) is 0.550. The Morgan fingerprint density at radius 2 is 1.00 bits per heavy atom. The Kier molecular flexibility index (Phi) is 25.3. The maximum absolute atomic E-state index is 14.3. The van der Waals surface area contributed by atoms with Gasteiger partial charge in [-0.1, -0.05) is 36.4 Å². The van der Waals surface area contributed by atoms with Crippen LogP contribution in [-0.2, 0) is 85.5 Å². The van der Waals surface area contributed by atoms with Crippen molar-refractivity contribution in [1.29, 1.82) is 0 Å². The molecule has 5 aliphatic rings. The number of carbonyl (C=O) groups excluding carboxylic acids is 5. The Balaban J connectivity index is 1.28. The maximum Gasteiger partial charge on any atom is 0.338 e. The number of hydrogen-bond donors (Lipinski definition) is 14. The Labute approximate surface area is 533 Å². The van der Waals surface area contributed by atoms with Crippen LogP contribution in [0, 0.1) is 0 Å². The average molecular weight is 1340 g/mol. The first kappa shape index (κ1) is 72.9. The number of phenols is 2. The van der Waals surface area contributed by atoms with Gasteiger partial charge in [0.25, 0.3) is 0 Å². The summed E-state index contributed by atoms with van der Waals surface area (Å²) >= 11 is 0. The van der Waals surface area contributed by atoms with Gasteiger partial charge in [-0.15, -0.1) is 0 Å². The summed E-state index contributed by atoms with van der Waals surface area (Å²) < 4.78 is 88.9. The lowest BCUT2D eigenvalue weighted by molar-refractivity contribution is -0.423. The molecule has 5 saturated heterocycles. The van der Waals surface area contributed by atoms with Crippen molar-refractivity contribution in [2.24, 2.45) is 0 Å². The van der Waals surface area contributed by atoms with E-state index in [2.05, 4.69) is 0 Å². The molecule has 0 amide bonds. The quantitative estimate of drug-likeness (QED) is 0.0215. The molecule has 34 nitrogen and oxygen atoms in total. The van der Waals surface area contributed by atoms with E-state index in [1.165, 1.54) is 86.0 Å². The molecule has 14 N–H and O–H groups in total. The van der Waals surface area contributed by atoms with Crippen molar-refractivity contribution in [2.75, 3.05) is 46.8 Å². The summed E-state index contributed by atoms with van der Waals surface area (Å²) in [6.45, 7) is -4.45. The van der Waals surface area contributed by atoms with Crippen molar-refractivity contribution in [3.8, 4) is 17.2 Å². The van der Waals surface area contributed by atoms with Crippen molar-refractivity contribution < 1.29 is 167 Å². The molecule has 94 heavy (non-hydrogen) atoms. The Bertz CT molecular complexity index is 3060. The van der Waals surface area contributed by atoms with E-state index >= 15 is 0 Å². The second kappa shape index (κ2) is 32.7. The molecular weight excluding hydrogens is 1260 g/mol. The van der Waals surface area contributed by atoms with Gasteiger partial charge in [0.1, 0.15) is 129 Å². The van der Waals surface area contributed by atoms with Crippen LogP contribution in [0.25, 0.3) is 12.2 Å². The average Bonchev–Trinajstić information content (AvgIpc) is 1.38. The molecule has 0 saturated carbocycles. The van der Waals surface area contributed by atoms with Gasteiger partial charge in [-0.05, 0) is 59.7 Å². The summed E-state index contributed by atoms with van der Waals surface area (Å²) in [6, 6.07) is 16.4. The van der Waals surface area contributed by atoms with Gasteiger partial charge >= 0.3 is 29.8 Å². The van der Waals surface area contributed by atoms with E-state index in [0.29, 0.717) is 5.56 Å². The predicted molar refractivity (Wildman–Crippen MR) is 304 cm³/mol. The van der Waals surface area contributed by atoms with Gasteiger partial charge in [0.15, 0.2) is 48.9 Å². The molecule has 0 bridgehead atoms. The van der Waals surface area contributed by atoms with Crippen LogP contribution in [0.1, 0.15) is 35.3 Å². The Morgan fingerprint density at radius 1 is 0.500 bits per heavy atom. The molecule has 34 heteroatoms. The van der Waals surface area contributed by atoms with Gasteiger partial charge in [-0.25, -0.2) is 14.4 Å². The number of ether oxygens (including phenoxy) is 15. The van der Waals surface area contributed by atoms with Crippen molar-refractivity contribution in [3.05, 3.63) is 102 Å². The first-order chi connectivity index (χ1) is 44.8. The largest absolute Gasteiger partial charge is 0.508 e. The maximum atomic E-state index is 14.3. The SMILES string of the molecule is COc1cc(/C=C\C(=O)OC[C@]2(O[C@H]3O[C@H](COC(C)=O)[C@@H](OC(=O)/C=C\c4ccc(O)cc4)[C@H](O[C@@H]4O[C@@H](COC(C)=O)[C@@H](O[C@@H]5O[C@@H](CO)[C@@H](O)[C@H](O)[C@H]5O)[C@H](O)[C@H]4O)[C@H]3O[C@@H]3O[C@@H](CO)[C@@H](O)[C@H](O)[C@H]3O)O[C@@H](CO)[C@@H](O)[C@@H]2OC(=O)c2ccccc2)ccc1O. The number of aliphatic hydroxyl groups is 12. The van der Waals surface area contributed by atoms with Crippen molar-refractivity contribution in [3.63, 3.8) is 0 Å². The molecule has 5 aliphatic heterocycles. The smallest absolute Gasteiger partial charge is 0.338 e. The monoisotopic (exact) mass is 1340 g/mol. The first-order valence-corrected chi connectivity index (χ1v) is 29.1. The molecule has 0 aromatic heterocycles. The summed E-state index contributed by atoms with van der Waals surface area (Å²) in [6.07, 6.45) is -45.3. The highest BCUT2D eigenvalue weighted by molar-refractivity contribution is 5.90. The minimum atomic E-state index is -3.02. The zero-order valence-corrected chi connectivity index (χ0v) is 50.2. The van der Waals surface area contributed by atoms with Gasteiger partial charge in [0.2, 0.25) is 5.79 Å². The van der Waals surface area contributed by atoms with E-state index in [0.717, 1.165) is 26.0 Å². The second-order valence-corrected chi connectivity index (χ2v) is 22.0. The van der Waals surface area contributed by atoms with E-state index in [9.17, 15) is 95.5 Å². The van der Waals surface area contributed by atoms with Crippen molar-refractivity contribution >= 4 is 42.0 Å². The van der Waals surface area contributed by atoms with Crippen LogP contribution in [0.4, 0.5) is 0 Å². The molecule has 0 spiro atoms. The fourth-order valence-corrected chi connectivity index (χ4v) is 10.5. The number of hydrogen-bond acceptors (Lipinski definition) is 34. The summed E-state index contributed by atoms with van der Waals surface area (Å²) in [7, 11) is 1.27. The molecule has 8 rings (SSSR count). The number of esters is 5.